The van der Waals surface area contributed by atoms with Crippen molar-refractivity contribution in [1.29, 1.82) is 0 Å². The van der Waals surface area contributed by atoms with E-state index in [2.05, 4.69) is 10.4 Å². The Hall–Kier alpha value is -1.45. The summed E-state index contributed by atoms with van der Waals surface area (Å²) in [6, 6.07) is 1.11. The molecule has 8 nitrogen and oxygen atoms in total. The van der Waals surface area contributed by atoms with Crippen molar-refractivity contribution in [3.8, 4) is 0 Å². The summed E-state index contributed by atoms with van der Waals surface area (Å²) >= 11 is 0. The number of carbonyl (C=O) groups is 1. The summed E-state index contributed by atoms with van der Waals surface area (Å²) in [5, 5.41) is 7.13. The number of aromatic nitrogens is 2. The van der Waals surface area contributed by atoms with E-state index in [4.69, 9.17) is 4.74 Å². The van der Waals surface area contributed by atoms with Gasteiger partial charge in [0.25, 0.3) is 0 Å². The van der Waals surface area contributed by atoms with Crippen LogP contribution >= 0.6 is 0 Å². The van der Waals surface area contributed by atoms with Gasteiger partial charge in [-0.15, -0.1) is 0 Å². The van der Waals surface area contributed by atoms with Gasteiger partial charge in [-0.25, -0.2) is 8.42 Å². The van der Waals surface area contributed by atoms with Gasteiger partial charge in [-0.05, 0) is 19.3 Å². The minimum absolute atomic E-state index is 0.201. The summed E-state index contributed by atoms with van der Waals surface area (Å²) in [6.07, 6.45) is 4.36. The summed E-state index contributed by atoms with van der Waals surface area (Å²) in [4.78, 5) is 12.5. The number of ether oxygens (including phenoxy) is 1. The highest BCUT2D eigenvalue weighted by Gasteiger charge is 2.42. The van der Waals surface area contributed by atoms with Crippen molar-refractivity contribution in [1.82, 2.24) is 14.1 Å². The highest BCUT2D eigenvalue weighted by atomic mass is 32.2. The zero-order valence-electron chi connectivity index (χ0n) is 13.4. The van der Waals surface area contributed by atoms with E-state index < -0.39 is 16.1 Å². The molecule has 1 aromatic heterocycles. The van der Waals surface area contributed by atoms with Crippen LogP contribution in [0.15, 0.2) is 6.07 Å². The first-order chi connectivity index (χ1) is 10.9. The molecule has 2 aliphatic rings. The van der Waals surface area contributed by atoms with Gasteiger partial charge < -0.3 is 10.1 Å². The number of nitrogens with zero attached hydrogens (tertiary/aromatic N) is 3. The van der Waals surface area contributed by atoms with E-state index in [0.717, 1.165) is 37.8 Å². The predicted octanol–water partition coefficient (Wildman–Crippen LogP) is 0.207. The third-order valence-corrected chi connectivity index (χ3v) is 5.70. The van der Waals surface area contributed by atoms with E-state index in [9.17, 15) is 13.2 Å². The van der Waals surface area contributed by atoms with E-state index in [1.807, 2.05) is 10.7 Å². The van der Waals surface area contributed by atoms with Crippen molar-refractivity contribution < 1.29 is 17.9 Å². The normalized spacial score (nSPS) is 25.3. The quantitative estimate of drug-likeness (QED) is 0.844. The van der Waals surface area contributed by atoms with Crippen LogP contribution in [-0.4, -0.2) is 60.5 Å². The number of rotatable bonds is 4. The standard InChI is InChI=1S/C14H22N4O4S/c1-22-11-8-12(18(9-11)23(2,20)21)14(19)15-13-7-10-5-3-4-6-17(10)16-13/h7,11-12H,3-6,8-9H2,1-2H3,(H,15,16,19)/t11-,12+/m0/s1. The summed E-state index contributed by atoms with van der Waals surface area (Å²) in [5.41, 5.74) is 1.10. The fourth-order valence-electron chi connectivity index (χ4n) is 3.23. The number of nitrogens with one attached hydrogen (secondary N) is 1. The molecule has 128 valence electrons. The van der Waals surface area contributed by atoms with Crippen LogP contribution in [0.4, 0.5) is 5.82 Å². The first-order valence-corrected chi connectivity index (χ1v) is 9.60. The van der Waals surface area contributed by atoms with Gasteiger partial charge in [0.05, 0.1) is 12.4 Å². The van der Waals surface area contributed by atoms with Crippen LogP contribution in [0.25, 0.3) is 0 Å². The largest absolute Gasteiger partial charge is 0.380 e. The first-order valence-electron chi connectivity index (χ1n) is 7.75. The van der Waals surface area contributed by atoms with Crippen LogP contribution in [0.2, 0.25) is 0 Å². The van der Waals surface area contributed by atoms with Crippen molar-refractivity contribution in [3.05, 3.63) is 11.8 Å². The average molecular weight is 342 g/mol. The van der Waals surface area contributed by atoms with Gasteiger partial charge in [0.2, 0.25) is 15.9 Å². The number of aryl methyl sites for hydroxylation is 2. The second-order valence-corrected chi connectivity index (χ2v) is 8.07. The van der Waals surface area contributed by atoms with Crippen LogP contribution in [0.5, 0.6) is 0 Å². The van der Waals surface area contributed by atoms with Crippen molar-refractivity contribution in [3.63, 3.8) is 0 Å². The highest BCUT2D eigenvalue weighted by Crippen LogP contribution is 2.24. The number of carbonyl (C=O) groups excluding carboxylic acids is 1. The minimum Gasteiger partial charge on any atom is -0.380 e. The Morgan fingerprint density at radius 1 is 1.43 bits per heavy atom. The van der Waals surface area contributed by atoms with Gasteiger partial charge >= 0.3 is 0 Å². The van der Waals surface area contributed by atoms with Gasteiger partial charge in [0.1, 0.15) is 6.04 Å². The molecular formula is C14H22N4O4S. The lowest BCUT2D eigenvalue weighted by atomic mass is 10.1. The molecule has 1 N–H and O–H groups in total. The molecule has 0 spiro atoms. The molecule has 1 saturated heterocycles. The molecule has 23 heavy (non-hydrogen) atoms. The fraction of sp³-hybridized carbons (Fsp3) is 0.714. The fourth-order valence-corrected chi connectivity index (χ4v) is 4.31. The average Bonchev–Trinajstić information content (AvgIpc) is 3.09. The lowest BCUT2D eigenvalue weighted by Gasteiger charge is -2.20. The SMILES string of the molecule is CO[C@H]1C[C@H](C(=O)Nc2cc3n(n2)CCCC3)N(S(C)(=O)=O)C1. The summed E-state index contributed by atoms with van der Waals surface area (Å²) < 4.78 is 32.1. The molecule has 0 bridgehead atoms. The second kappa shape index (κ2) is 6.21. The van der Waals surface area contributed by atoms with E-state index in [-0.39, 0.29) is 18.6 Å². The number of methoxy groups -OCH3 is 1. The molecule has 1 fully saturated rings. The van der Waals surface area contributed by atoms with Crippen LogP contribution in [-0.2, 0) is 32.5 Å². The molecule has 0 radical (unpaired) electrons. The van der Waals surface area contributed by atoms with Crippen LogP contribution in [0, 0.1) is 0 Å². The zero-order chi connectivity index (χ0) is 16.6. The Labute approximate surface area is 135 Å². The van der Waals surface area contributed by atoms with Crippen molar-refractivity contribution in [2.24, 2.45) is 0 Å². The number of hydrogen-bond donors (Lipinski definition) is 1. The summed E-state index contributed by atoms with van der Waals surface area (Å²) in [7, 11) is -1.94. The Morgan fingerprint density at radius 2 is 2.22 bits per heavy atom. The maximum Gasteiger partial charge on any atom is 0.244 e. The molecule has 2 atom stereocenters. The maximum atomic E-state index is 12.5. The molecule has 1 aromatic rings. The topological polar surface area (TPSA) is 93.5 Å². The molecule has 3 rings (SSSR count). The molecule has 0 aromatic carbocycles. The molecular weight excluding hydrogens is 320 g/mol. The number of sulfonamides is 1. The molecule has 0 saturated carbocycles. The second-order valence-electron chi connectivity index (χ2n) is 6.13. The number of anilines is 1. The zero-order valence-corrected chi connectivity index (χ0v) is 14.2. The monoisotopic (exact) mass is 342 g/mol. The maximum absolute atomic E-state index is 12.5. The van der Waals surface area contributed by atoms with Crippen LogP contribution in [0.3, 0.4) is 0 Å². The minimum atomic E-state index is -3.47. The highest BCUT2D eigenvalue weighted by molar-refractivity contribution is 7.88. The predicted molar refractivity (Wildman–Crippen MR) is 84.5 cm³/mol. The Balaban J connectivity index is 1.75. The Kier molecular flexibility index (Phi) is 4.43. The van der Waals surface area contributed by atoms with Crippen LogP contribution in [0.1, 0.15) is 25.0 Å². The van der Waals surface area contributed by atoms with Gasteiger partial charge in [-0.1, -0.05) is 0 Å². The molecule has 0 unspecified atom stereocenters. The van der Waals surface area contributed by atoms with Crippen molar-refractivity contribution >= 4 is 21.7 Å². The van der Waals surface area contributed by atoms with Crippen LogP contribution < -0.4 is 5.32 Å². The van der Waals surface area contributed by atoms with E-state index in [1.165, 1.54) is 11.4 Å². The molecule has 3 heterocycles. The molecule has 1 amide bonds. The summed E-state index contributed by atoms with van der Waals surface area (Å²) in [5.74, 6) is 0.131. The molecule has 2 aliphatic heterocycles. The molecule has 0 aliphatic carbocycles. The van der Waals surface area contributed by atoms with Crippen molar-refractivity contribution in [2.45, 2.75) is 44.4 Å². The van der Waals surface area contributed by atoms with E-state index in [0.29, 0.717) is 12.2 Å². The smallest absolute Gasteiger partial charge is 0.244 e. The van der Waals surface area contributed by atoms with Gasteiger partial charge in [0.15, 0.2) is 5.82 Å². The lowest BCUT2D eigenvalue weighted by Crippen LogP contribution is -2.42. The van der Waals surface area contributed by atoms with Gasteiger partial charge in [0, 0.05) is 38.4 Å². The number of amides is 1. The summed E-state index contributed by atoms with van der Waals surface area (Å²) in [6.45, 7) is 1.06. The Morgan fingerprint density at radius 3 is 2.87 bits per heavy atom. The third-order valence-electron chi connectivity index (χ3n) is 4.45. The Bertz CT molecular complexity index is 676. The third kappa shape index (κ3) is 3.41. The van der Waals surface area contributed by atoms with Gasteiger partial charge in [-0.2, -0.15) is 9.40 Å². The molecule has 9 heteroatoms. The number of hydrogen-bond acceptors (Lipinski definition) is 5. The van der Waals surface area contributed by atoms with Crippen molar-refractivity contribution in [2.75, 3.05) is 25.2 Å². The van der Waals surface area contributed by atoms with E-state index in [1.54, 1.807) is 0 Å². The van der Waals surface area contributed by atoms with E-state index >= 15 is 0 Å². The van der Waals surface area contributed by atoms with Gasteiger partial charge in [-0.3, -0.25) is 9.48 Å². The first kappa shape index (κ1) is 16.4. The number of fused-ring (bicyclic) bond motifs is 1. The lowest BCUT2D eigenvalue weighted by molar-refractivity contribution is -0.119.